The zero-order valence-corrected chi connectivity index (χ0v) is 32.4. The lowest BCUT2D eigenvalue weighted by molar-refractivity contribution is 1.16. The summed E-state index contributed by atoms with van der Waals surface area (Å²) in [7, 11) is 2.16. The van der Waals surface area contributed by atoms with Gasteiger partial charge in [0.2, 0.25) is 0 Å². The summed E-state index contributed by atoms with van der Waals surface area (Å²) in [5.41, 5.74) is 16.4. The lowest BCUT2D eigenvalue weighted by Gasteiger charge is -2.24. The number of hydrogen-bond acceptors (Lipinski definition) is 3. The molecule has 0 unspecified atom stereocenters. The molecule has 10 rings (SSSR count). The Hall–Kier alpha value is -7.56. The molecular weight excluding hydrogens is 705 g/mol. The first-order valence-electron chi connectivity index (χ1n) is 19.7. The maximum atomic E-state index is 5.15. The number of hydrogen-bond donors (Lipinski definition) is 0. The lowest BCUT2D eigenvalue weighted by atomic mass is 9.96. The number of aromatic nitrogens is 3. The van der Waals surface area contributed by atoms with Crippen LogP contribution in [0.15, 0.2) is 206 Å². The highest BCUT2D eigenvalue weighted by molar-refractivity contribution is 6.10. The lowest BCUT2D eigenvalue weighted by Crippen LogP contribution is -2.11. The summed E-state index contributed by atoms with van der Waals surface area (Å²) >= 11 is 0. The molecule has 10 aromatic rings. The van der Waals surface area contributed by atoms with Gasteiger partial charge in [0.1, 0.15) is 0 Å². The fourth-order valence-electron chi connectivity index (χ4n) is 8.06. The van der Waals surface area contributed by atoms with E-state index in [9.17, 15) is 0 Å². The Balaban J connectivity index is 1.12. The van der Waals surface area contributed by atoms with Crippen LogP contribution in [0.1, 0.15) is 5.56 Å². The first-order chi connectivity index (χ1) is 28.6. The molecule has 0 aliphatic rings. The Kier molecular flexibility index (Phi) is 8.92. The smallest absolute Gasteiger partial charge is 0.160 e. The van der Waals surface area contributed by atoms with Gasteiger partial charge in [0.15, 0.2) is 5.82 Å². The number of anilines is 2. The predicted molar refractivity (Wildman–Crippen MR) is 243 cm³/mol. The third kappa shape index (κ3) is 6.51. The van der Waals surface area contributed by atoms with Gasteiger partial charge < -0.3 is 9.47 Å². The Morgan fingerprint density at radius 2 is 1.00 bits per heavy atom. The molecule has 8 aromatic carbocycles. The number of fused-ring (bicyclic) bond motifs is 3. The molecule has 58 heavy (non-hydrogen) atoms. The van der Waals surface area contributed by atoms with Crippen LogP contribution in [0.5, 0.6) is 0 Å². The van der Waals surface area contributed by atoms with E-state index in [0.29, 0.717) is 5.82 Å². The van der Waals surface area contributed by atoms with Gasteiger partial charge in [-0.1, -0.05) is 163 Å². The van der Waals surface area contributed by atoms with Crippen molar-refractivity contribution in [2.75, 3.05) is 11.9 Å². The SMILES string of the molecule is Cc1ccc(N(C)c2cc(-c3ccc4c5ccccc5n(-c5cccc(-c6cc(-c7ccccc7)nc(-c7ccccc7)n6)c5)c4c3)ccc2-c2ccccc2)cc1. The van der Waals surface area contributed by atoms with Gasteiger partial charge in [-0.3, -0.25) is 0 Å². The summed E-state index contributed by atoms with van der Waals surface area (Å²) in [5, 5.41) is 2.43. The van der Waals surface area contributed by atoms with Crippen LogP contribution in [0.2, 0.25) is 0 Å². The minimum atomic E-state index is 0.703. The number of benzene rings is 8. The zero-order chi connectivity index (χ0) is 39.0. The second-order valence-corrected chi connectivity index (χ2v) is 14.8. The fraction of sp³-hybridized carbons (Fsp3) is 0.0370. The molecule has 0 bridgehead atoms. The summed E-state index contributed by atoms with van der Waals surface area (Å²) in [6, 6.07) is 73.3. The Morgan fingerprint density at radius 1 is 0.414 bits per heavy atom. The van der Waals surface area contributed by atoms with Crippen LogP contribution in [0.4, 0.5) is 11.4 Å². The second-order valence-electron chi connectivity index (χ2n) is 14.8. The van der Waals surface area contributed by atoms with E-state index in [1.807, 2.05) is 24.3 Å². The van der Waals surface area contributed by atoms with E-state index in [2.05, 4.69) is 205 Å². The van der Waals surface area contributed by atoms with Crippen molar-refractivity contribution in [2.45, 2.75) is 6.92 Å². The molecule has 0 atom stereocenters. The highest BCUT2D eigenvalue weighted by Crippen LogP contribution is 2.40. The van der Waals surface area contributed by atoms with Gasteiger partial charge >= 0.3 is 0 Å². The van der Waals surface area contributed by atoms with Crippen molar-refractivity contribution >= 4 is 33.2 Å². The summed E-state index contributed by atoms with van der Waals surface area (Å²) in [6.07, 6.45) is 0. The van der Waals surface area contributed by atoms with Crippen LogP contribution in [0, 0.1) is 6.92 Å². The van der Waals surface area contributed by atoms with Gasteiger partial charge in [-0.2, -0.15) is 0 Å². The second kappa shape index (κ2) is 14.8. The highest BCUT2D eigenvalue weighted by atomic mass is 15.1. The minimum absolute atomic E-state index is 0.703. The van der Waals surface area contributed by atoms with E-state index >= 15 is 0 Å². The van der Waals surface area contributed by atoms with Crippen LogP contribution in [0.3, 0.4) is 0 Å². The summed E-state index contributed by atoms with van der Waals surface area (Å²) < 4.78 is 2.40. The quantitative estimate of drug-likeness (QED) is 0.155. The Bertz CT molecular complexity index is 3000. The van der Waals surface area contributed by atoms with Crippen LogP contribution in [-0.4, -0.2) is 21.6 Å². The minimum Gasteiger partial charge on any atom is -0.344 e. The third-order valence-corrected chi connectivity index (χ3v) is 11.1. The molecular formula is C54H40N4. The number of nitrogens with zero attached hydrogens (tertiary/aromatic N) is 4. The third-order valence-electron chi connectivity index (χ3n) is 11.1. The van der Waals surface area contributed by atoms with Gasteiger partial charge in [0, 0.05) is 57.1 Å². The average Bonchev–Trinajstić information content (AvgIpc) is 3.63. The predicted octanol–water partition coefficient (Wildman–Crippen LogP) is 14.0. The topological polar surface area (TPSA) is 34.0 Å². The molecule has 0 saturated carbocycles. The van der Waals surface area contributed by atoms with Crippen LogP contribution < -0.4 is 4.90 Å². The van der Waals surface area contributed by atoms with Gasteiger partial charge in [-0.05, 0) is 72.1 Å². The van der Waals surface area contributed by atoms with Crippen LogP contribution in [-0.2, 0) is 0 Å². The van der Waals surface area contributed by atoms with Crippen LogP contribution in [0.25, 0.3) is 83.6 Å². The molecule has 0 aliphatic heterocycles. The summed E-state index contributed by atoms with van der Waals surface area (Å²) in [4.78, 5) is 12.5. The molecule has 4 nitrogen and oxygen atoms in total. The molecule has 2 aromatic heterocycles. The Morgan fingerprint density at radius 3 is 1.74 bits per heavy atom. The fourth-order valence-corrected chi connectivity index (χ4v) is 8.06. The average molecular weight is 745 g/mol. The van der Waals surface area contributed by atoms with Crippen molar-refractivity contribution in [3.05, 3.63) is 212 Å². The number of para-hydroxylation sites is 1. The number of rotatable bonds is 8. The molecule has 0 amide bonds. The van der Waals surface area contributed by atoms with Crippen molar-refractivity contribution < 1.29 is 0 Å². The molecule has 4 heteroatoms. The number of aryl methyl sites for hydroxylation is 1. The largest absolute Gasteiger partial charge is 0.344 e. The van der Waals surface area contributed by atoms with E-state index in [4.69, 9.17) is 9.97 Å². The van der Waals surface area contributed by atoms with Gasteiger partial charge in [0.25, 0.3) is 0 Å². The molecule has 0 saturated heterocycles. The first kappa shape index (κ1) is 34.9. The van der Waals surface area contributed by atoms with Gasteiger partial charge in [-0.25, -0.2) is 9.97 Å². The van der Waals surface area contributed by atoms with E-state index in [1.54, 1.807) is 0 Å². The van der Waals surface area contributed by atoms with Crippen molar-refractivity contribution in [1.29, 1.82) is 0 Å². The molecule has 0 spiro atoms. The van der Waals surface area contributed by atoms with Gasteiger partial charge in [-0.15, -0.1) is 0 Å². The normalized spacial score (nSPS) is 11.3. The zero-order valence-electron chi connectivity index (χ0n) is 32.4. The molecule has 0 radical (unpaired) electrons. The van der Waals surface area contributed by atoms with E-state index in [-0.39, 0.29) is 0 Å². The van der Waals surface area contributed by atoms with E-state index < -0.39 is 0 Å². The Labute approximate surface area is 339 Å². The molecule has 0 fully saturated rings. The van der Waals surface area contributed by atoms with Crippen molar-refractivity contribution in [2.24, 2.45) is 0 Å². The van der Waals surface area contributed by atoms with E-state index in [0.717, 1.165) is 67.3 Å². The standard InChI is InChI=1S/C54H40N4/c1-37-25-29-44(30-26-37)57(2)52-34-41(27-31-46(52)38-15-6-3-7-16-38)42-28-32-48-47-23-12-13-24-51(47)58(53(48)35-42)45-22-14-21-43(33-45)50-36-49(39-17-8-4-9-18-39)55-54(56-50)40-19-10-5-11-20-40/h3-36H,1-2H3. The molecule has 0 aliphatic carbocycles. The maximum Gasteiger partial charge on any atom is 0.160 e. The van der Waals surface area contributed by atoms with E-state index in [1.165, 1.54) is 27.5 Å². The van der Waals surface area contributed by atoms with Crippen molar-refractivity contribution in [3.8, 4) is 61.8 Å². The molecule has 0 N–H and O–H groups in total. The van der Waals surface area contributed by atoms with Crippen LogP contribution >= 0.6 is 0 Å². The summed E-state index contributed by atoms with van der Waals surface area (Å²) in [5.74, 6) is 0.703. The summed E-state index contributed by atoms with van der Waals surface area (Å²) in [6.45, 7) is 2.13. The highest BCUT2D eigenvalue weighted by Gasteiger charge is 2.18. The van der Waals surface area contributed by atoms with Crippen molar-refractivity contribution in [3.63, 3.8) is 0 Å². The molecule has 276 valence electrons. The first-order valence-corrected chi connectivity index (χ1v) is 19.7. The monoisotopic (exact) mass is 744 g/mol. The van der Waals surface area contributed by atoms with Gasteiger partial charge in [0.05, 0.1) is 22.4 Å². The molecule has 2 heterocycles. The van der Waals surface area contributed by atoms with Crippen molar-refractivity contribution in [1.82, 2.24) is 14.5 Å². The maximum absolute atomic E-state index is 5.15.